The van der Waals surface area contributed by atoms with Crippen molar-refractivity contribution in [2.45, 2.75) is 45.4 Å². The highest BCUT2D eigenvalue weighted by molar-refractivity contribution is 5.87. The summed E-state index contributed by atoms with van der Waals surface area (Å²) in [5, 5.41) is 9.31. The number of benzene rings is 1. The first-order valence-electron chi connectivity index (χ1n) is 10.9. The van der Waals surface area contributed by atoms with Crippen LogP contribution in [-0.4, -0.2) is 26.1 Å². The van der Waals surface area contributed by atoms with Crippen LogP contribution in [0.1, 0.15) is 49.9 Å². The van der Waals surface area contributed by atoms with Gasteiger partial charge in [0.05, 0.1) is 12.9 Å². The second-order valence-electron chi connectivity index (χ2n) is 9.04. The molecule has 5 rings (SSSR count). The predicted octanol–water partition coefficient (Wildman–Crippen LogP) is 5.23. The first-order chi connectivity index (χ1) is 14.6. The summed E-state index contributed by atoms with van der Waals surface area (Å²) in [4.78, 5) is 13.1. The lowest BCUT2D eigenvalue weighted by molar-refractivity contribution is 0.205. The molecule has 2 bridgehead atoms. The number of nitriles is 1. The average molecular weight is 438 g/mol. The van der Waals surface area contributed by atoms with Gasteiger partial charge in [-0.25, -0.2) is 9.97 Å². The van der Waals surface area contributed by atoms with E-state index in [-0.39, 0.29) is 18.2 Å². The largest absolute Gasteiger partial charge is 0.493 e. The molecule has 2 aromatic heterocycles. The van der Waals surface area contributed by atoms with E-state index in [1.165, 1.54) is 32.1 Å². The van der Waals surface area contributed by atoms with E-state index in [1.807, 2.05) is 23.7 Å². The van der Waals surface area contributed by atoms with Crippen LogP contribution in [0.15, 0.2) is 24.5 Å². The number of hydrogen-bond acceptors (Lipinski definition) is 5. The van der Waals surface area contributed by atoms with Crippen molar-refractivity contribution in [1.29, 1.82) is 5.26 Å². The van der Waals surface area contributed by atoms with Crippen LogP contribution in [0.5, 0.6) is 5.75 Å². The number of ether oxygens (including phenoxy) is 1. The van der Waals surface area contributed by atoms with Gasteiger partial charge in [-0.3, -0.25) is 0 Å². The van der Waals surface area contributed by atoms with Gasteiger partial charge in [0.1, 0.15) is 23.0 Å². The number of halogens is 1. The van der Waals surface area contributed by atoms with Crippen LogP contribution in [0.3, 0.4) is 0 Å². The Kier molecular flexibility index (Phi) is 6.15. The minimum absolute atomic E-state index is 0. The maximum Gasteiger partial charge on any atom is 0.234 e. The predicted molar refractivity (Wildman–Crippen MR) is 122 cm³/mol. The highest BCUT2D eigenvalue weighted by atomic mass is 35.5. The smallest absolute Gasteiger partial charge is 0.234 e. The molecule has 0 aliphatic heterocycles. The summed E-state index contributed by atoms with van der Waals surface area (Å²) in [6.07, 6.45) is 10.0. The van der Waals surface area contributed by atoms with Gasteiger partial charge in [0.2, 0.25) is 5.82 Å². The number of aromatic nitrogens is 4. The van der Waals surface area contributed by atoms with Crippen molar-refractivity contribution in [2.75, 3.05) is 6.61 Å². The van der Waals surface area contributed by atoms with Crippen molar-refractivity contribution in [3.05, 3.63) is 35.9 Å². The van der Waals surface area contributed by atoms with Crippen molar-refractivity contribution in [1.82, 2.24) is 19.5 Å². The molecule has 2 heterocycles. The Morgan fingerprint density at radius 3 is 2.65 bits per heavy atom. The molecular formula is C24H28ClN5O. The summed E-state index contributed by atoms with van der Waals surface area (Å²) in [7, 11) is 1.87. The molecule has 7 heteroatoms. The van der Waals surface area contributed by atoms with Crippen molar-refractivity contribution >= 4 is 23.6 Å². The third-order valence-corrected chi connectivity index (χ3v) is 6.87. The molecular weight excluding hydrogens is 410 g/mol. The van der Waals surface area contributed by atoms with E-state index in [4.69, 9.17) is 4.74 Å². The third-order valence-electron chi connectivity index (χ3n) is 6.87. The van der Waals surface area contributed by atoms with E-state index in [9.17, 15) is 5.26 Å². The SMILES string of the molecule is Cc1cc(-c2nc(C#N)nc3c2ncn3C)ccc1OCCC1CC2CCC(C1)C2.Cl. The highest BCUT2D eigenvalue weighted by Crippen LogP contribution is 2.45. The lowest BCUT2D eigenvalue weighted by atomic mass is 9.80. The third kappa shape index (κ3) is 4.24. The van der Waals surface area contributed by atoms with Crippen LogP contribution in [0.25, 0.3) is 22.4 Å². The van der Waals surface area contributed by atoms with Gasteiger partial charge in [-0.2, -0.15) is 10.2 Å². The zero-order chi connectivity index (χ0) is 20.7. The quantitative estimate of drug-likeness (QED) is 0.546. The molecule has 2 atom stereocenters. The zero-order valence-corrected chi connectivity index (χ0v) is 18.9. The molecule has 6 nitrogen and oxygen atoms in total. The maximum absolute atomic E-state index is 9.31. The Balaban J connectivity index is 0.00000231. The maximum atomic E-state index is 9.31. The fourth-order valence-electron chi connectivity index (χ4n) is 5.43. The Labute approximate surface area is 189 Å². The number of rotatable bonds is 5. The van der Waals surface area contributed by atoms with Gasteiger partial charge in [-0.05, 0) is 74.1 Å². The molecule has 2 saturated carbocycles. The molecule has 2 fully saturated rings. The van der Waals surface area contributed by atoms with Crippen molar-refractivity contribution < 1.29 is 4.74 Å². The molecule has 3 aromatic rings. The minimum Gasteiger partial charge on any atom is -0.493 e. The Bertz CT molecular complexity index is 1120. The average Bonchev–Trinajstić information content (AvgIpc) is 3.30. The number of imidazole rings is 1. The van der Waals surface area contributed by atoms with Crippen LogP contribution in [0, 0.1) is 36.0 Å². The minimum atomic E-state index is 0. The standard InChI is InChI=1S/C24H27N5O.ClH/c1-15-9-19(22-23-24(29(2)14-26-23)28-21(13-25)27-22)5-6-20(15)30-8-7-18-11-16-3-4-17(10-16)12-18;/h5-6,9,14,16-18H,3-4,7-8,10-12H2,1-2H3;1H. The van der Waals surface area contributed by atoms with Crippen LogP contribution in [0.2, 0.25) is 0 Å². The Hall–Kier alpha value is -2.65. The van der Waals surface area contributed by atoms with Gasteiger partial charge < -0.3 is 9.30 Å². The molecule has 2 aliphatic rings. The lowest BCUT2D eigenvalue weighted by Crippen LogP contribution is -2.18. The number of nitrogens with zero attached hydrogens (tertiary/aromatic N) is 5. The fourth-order valence-corrected chi connectivity index (χ4v) is 5.43. The molecule has 0 amide bonds. The summed E-state index contributed by atoms with van der Waals surface area (Å²) >= 11 is 0. The lowest BCUT2D eigenvalue weighted by Gasteiger charge is -2.27. The molecule has 0 spiro atoms. The van der Waals surface area contributed by atoms with Gasteiger partial charge in [0.25, 0.3) is 0 Å². The summed E-state index contributed by atoms with van der Waals surface area (Å²) in [6.45, 7) is 2.84. The summed E-state index contributed by atoms with van der Waals surface area (Å²) in [5.41, 5.74) is 4.04. The molecule has 0 radical (unpaired) electrons. The summed E-state index contributed by atoms with van der Waals surface area (Å²) in [5.74, 6) is 3.86. The molecule has 0 N–H and O–H groups in total. The highest BCUT2D eigenvalue weighted by Gasteiger charge is 2.33. The first kappa shape index (κ1) is 21.6. The van der Waals surface area contributed by atoms with E-state index < -0.39 is 0 Å². The molecule has 0 saturated heterocycles. The van der Waals surface area contributed by atoms with Crippen LogP contribution in [0.4, 0.5) is 0 Å². The number of hydrogen-bond donors (Lipinski definition) is 0. The Morgan fingerprint density at radius 1 is 1.16 bits per heavy atom. The van der Waals surface area contributed by atoms with Gasteiger partial charge >= 0.3 is 0 Å². The van der Waals surface area contributed by atoms with Gasteiger partial charge in [-0.15, -0.1) is 12.4 Å². The Morgan fingerprint density at radius 2 is 1.94 bits per heavy atom. The van der Waals surface area contributed by atoms with E-state index >= 15 is 0 Å². The summed E-state index contributed by atoms with van der Waals surface area (Å²) < 4.78 is 7.96. The van der Waals surface area contributed by atoms with E-state index in [0.717, 1.165) is 47.7 Å². The summed E-state index contributed by atoms with van der Waals surface area (Å²) in [6, 6.07) is 8.13. The van der Waals surface area contributed by atoms with Crippen molar-refractivity contribution in [3.63, 3.8) is 0 Å². The van der Waals surface area contributed by atoms with Gasteiger partial charge in [0.15, 0.2) is 5.65 Å². The number of aryl methyl sites for hydroxylation is 2. The molecule has 31 heavy (non-hydrogen) atoms. The topological polar surface area (TPSA) is 76.6 Å². The van der Waals surface area contributed by atoms with Gasteiger partial charge in [0, 0.05) is 12.6 Å². The zero-order valence-electron chi connectivity index (χ0n) is 18.0. The molecule has 1 aromatic carbocycles. The van der Waals surface area contributed by atoms with Gasteiger partial charge in [-0.1, -0.05) is 12.8 Å². The molecule has 2 unspecified atom stereocenters. The van der Waals surface area contributed by atoms with E-state index in [0.29, 0.717) is 16.9 Å². The van der Waals surface area contributed by atoms with E-state index in [1.54, 1.807) is 6.33 Å². The molecule has 162 valence electrons. The van der Waals surface area contributed by atoms with Crippen LogP contribution < -0.4 is 4.74 Å². The number of fused-ring (bicyclic) bond motifs is 3. The van der Waals surface area contributed by atoms with Crippen LogP contribution in [-0.2, 0) is 7.05 Å². The fraction of sp³-hybridized carbons (Fsp3) is 0.500. The molecule has 2 aliphatic carbocycles. The van der Waals surface area contributed by atoms with Crippen molar-refractivity contribution in [2.24, 2.45) is 24.8 Å². The second-order valence-corrected chi connectivity index (χ2v) is 9.04. The van der Waals surface area contributed by atoms with E-state index in [2.05, 4.69) is 34.0 Å². The monoisotopic (exact) mass is 437 g/mol. The normalized spacial score (nSPS) is 22.2. The van der Waals surface area contributed by atoms with Crippen LogP contribution >= 0.6 is 12.4 Å². The first-order valence-corrected chi connectivity index (χ1v) is 10.9. The second kappa shape index (κ2) is 8.84. The van der Waals surface area contributed by atoms with Crippen molar-refractivity contribution in [3.8, 4) is 23.1 Å².